The second-order valence-electron chi connectivity index (χ2n) is 6.55. The molecule has 0 radical (unpaired) electrons. The number of halogens is 3. The first-order valence-electron chi connectivity index (χ1n) is 6.74. The Bertz CT molecular complexity index is 345. The minimum Gasteiger partial charge on any atom is -0.377 e. The molecule has 0 aromatic heterocycles. The summed E-state index contributed by atoms with van der Waals surface area (Å²) in [7, 11) is 1.71. The fraction of sp³-hybridized carbons (Fsp3) is 1.00. The monoisotopic (exact) mass is 280 g/mol. The molecule has 2 N–H and O–H groups in total. The van der Waals surface area contributed by atoms with Gasteiger partial charge in [0.2, 0.25) is 0 Å². The first-order valence-corrected chi connectivity index (χ1v) is 6.74. The van der Waals surface area contributed by atoms with Gasteiger partial charge in [-0.25, -0.2) is 0 Å². The van der Waals surface area contributed by atoms with Crippen molar-refractivity contribution in [3.63, 3.8) is 0 Å². The lowest BCUT2D eigenvalue weighted by molar-refractivity contribution is -0.166. The molecule has 1 aliphatic carbocycles. The second-order valence-corrected chi connectivity index (χ2v) is 6.55. The fourth-order valence-electron chi connectivity index (χ4n) is 3.64. The first kappa shape index (κ1) is 15.1. The van der Waals surface area contributed by atoms with Crippen molar-refractivity contribution < 1.29 is 17.9 Å². The van der Waals surface area contributed by atoms with Crippen molar-refractivity contribution in [1.82, 2.24) is 4.90 Å². The van der Waals surface area contributed by atoms with Gasteiger partial charge in [0, 0.05) is 36.6 Å². The van der Waals surface area contributed by atoms with Crippen LogP contribution in [0.25, 0.3) is 0 Å². The molecular weight excluding hydrogens is 257 g/mol. The molecule has 3 nitrogen and oxygen atoms in total. The molecular formula is C13H23F3N2O. The molecule has 0 aromatic carbocycles. The van der Waals surface area contributed by atoms with Crippen LogP contribution in [0, 0.1) is 11.3 Å². The number of alkyl halides is 3. The predicted octanol–water partition coefficient (Wildman–Crippen LogP) is 2.01. The Morgan fingerprint density at radius 1 is 1.37 bits per heavy atom. The van der Waals surface area contributed by atoms with Gasteiger partial charge in [0.05, 0.1) is 12.5 Å². The van der Waals surface area contributed by atoms with Crippen LogP contribution in [0.2, 0.25) is 0 Å². The molecule has 0 spiro atoms. The number of ether oxygens (including phenoxy) is 1. The molecule has 19 heavy (non-hydrogen) atoms. The third-order valence-electron chi connectivity index (χ3n) is 4.97. The van der Waals surface area contributed by atoms with E-state index in [1.807, 2.05) is 0 Å². The Morgan fingerprint density at radius 3 is 2.58 bits per heavy atom. The molecule has 2 fully saturated rings. The number of nitrogens with zero attached hydrogens (tertiary/aromatic N) is 1. The van der Waals surface area contributed by atoms with E-state index in [2.05, 4.69) is 13.8 Å². The zero-order chi connectivity index (χ0) is 14.5. The van der Waals surface area contributed by atoms with Gasteiger partial charge in [-0.2, -0.15) is 13.2 Å². The molecule has 2 aliphatic rings. The van der Waals surface area contributed by atoms with Crippen molar-refractivity contribution in [3.8, 4) is 0 Å². The first-order chi connectivity index (χ1) is 8.58. The maximum Gasteiger partial charge on any atom is 0.390 e. The molecule has 1 aliphatic heterocycles. The zero-order valence-electron chi connectivity index (χ0n) is 11.8. The molecule has 3 unspecified atom stereocenters. The summed E-state index contributed by atoms with van der Waals surface area (Å²) in [4.78, 5) is 1.70. The van der Waals surface area contributed by atoms with Gasteiger partial charge in [-0.05, 0) is 13.5 Å². The van der Waals surface area contributed by atoms with Crippen molar-refractivity contribution in [2.75, 3.05) is 26.7 Å². The average Bonchev–Trinajstić information content (AvgIpc) is 2.73. The van der Waals surface area contributed by atoms with Crippen molar-refractivity contribution in [1.29, 1.82) is 0 Å². The number of hydrogen-bond acceptors (Lipinski definition) is 3. The number of hydrogen-bond donors (Lipinski definition) is 1. The molecule has 0 amide bonds. The third kappa shape index (κ3) is 2.50. The number of nitrogens with two attached hydrogens (primary N) is 1. The quantitative estimate of drug-likeness (QED) is 0.856. The Kier molecular flexibility index (Phi) is 3.65. The van der Waals surface area contributed by atoms with Gasteiger partial charge >= 0.3 is 6.18 Å². The molecule has 6 heteroatoms. The summed E-state index contributed by atoms with van der Waals surface area (Å²) in [6.45, 7) is 5.30. The summed E-state index contributed by atoms with van der Waals surface area (Å²) in [5.74, 6) is 0.274. The molecule has 1 saturated heterocycles. The van der Waals surface area contributed by atoms with Crippen LogP contribution in [0.5, 0.6) is 0 Å². The van der Waals surface area contributed by atoms with E-state index in [1.165, 1.54) is 0 Å². The minimum absolute atomic E-state index is 0.00320. The number of rotatable bonds is 4. The van der Waals surface area contributed by atoms with E-state index in [-0.39, 0.29) is 24.0 Å². The SMILES string of the molecule is CN(CCC(F)(F)F)CC1(N)C2CCOC2C1(C)C. The van der Waals surface area contributed by atoms with Crippen LogP contribution in [-0.2, 0) is 4.74 Å². The van der Waals surface area contributed by atoms with Gasteiger partial charge in [-0.1, -0.05) is 13.8 Å². The fourth-order valence-corrected chi connectivity index (χ4v) is 3.64. The van der Waals surface area contributed by atoms with Gasteiger partial charge in [-0.3, -0.25) is 0 Å². The lowest BCUT2D eigenvalue weighted by atomic mass is 9.48. The van der Waals surface area contributed by atoms with E-state index in [9.17, 15) is 13.2 Å². The van der Waals surface area contributed by atoms with E-state index in [1.54, 1.807) is 11.9 Å². The third-order valence-corrected chi connectivity index (χ3v) is 4.97. The predicted molar refractivity (Wildman–Crippen MR) is 66.7 cm³/mol. The Morgan fingerprint density at radius 2 is 2.00 bits per heavy atom. The van der Waals surface area contributed by atoms with E-state index >= 15 is 0 Å². The maximum atomic E-state index is 12.2. The molecule has 1 saturated carbocycles. The highest BCUT2D eigenvalue weighted by atomic mass is 19.4. The summed E-state index contributed by atoms with van der Waals surface area (Å²) in [5, 5.41) is 0. The van der Waals surface area contributed by atoms with Crippen LogP contribution < -0.4 is 5.73 Å². The largest absolute Gasteiger partial charge is 0.390 e. The van der Waals surface area contributed by atoms with E-state index in [4.69, 9.17) is 10.5 Å². The van der Waals surface area contributed by atoms with E-state index in [0.29, 0.717) is 13.2 Å². The van der Waals surface area contributed by atoms with E-state index < -0.39 is 18.1 Å². The summed E-state index contributed by atoms with van der Waals surface area (Å²) >= 11 is 0. The van der Waals surface area contributed by atoms with Crippen molar-refractivity contribution in [2.45, 2.75) is 44.5 Å². The van der Waals surface area contributed by atoms with Gasteiger partial charge in [-0.15, -0.1) is 0 Å². The molecule has 1 heterocycles. The van der Waals surface area contributed by atoms with Crippen LogP contribution in [0.4, 0.5) is 13.2 Å². The average molecular weight is 280 g/mol. The van der Waals surface area contributed by atoms with Crippen LogP contribution >= 0.6 is 0 Å². The van der Waals surface area contributed by atoms with Crippen molar-refractivity contribution >= 4 is 0 Å². The smallest absolute Gasteiger partial charge is 0.377 e. The van der Waals surface area contributed by atoms with Crippen LogP contribution in [0.1, 0.15) is 26.7 Å². The van der Waals surface area contributed by atoms with Crippen LogP contribution in [0.3, 0.4) is 0 Å². The van der Waals surface area contributed by atoms with Crippen molar-refractivity contribution in [3.05, 3.63) is 0 Å². The number of likely N-dealkylation sites (N-methyl/N-ethyl adjacent to an activating group) is 1. The zero-order valence-corrected chi connectivity index (χ0v) is 11.8. The van der Waals surface area contributed by atoms with E-state index in [0.717, 1.165) is 6.42 Å². The highest BCUT2D eigenvalue weighted by molar-refractivity contribution is 5.21. The lowest BCUT2D eigenvalue weighted by Crippen LogP contribution is -2.78. The van der Waals surface area contributed by atoms with Gasteiger partial charge in [0.25, 0.3) is 0 Å². The number of fused-ring (bicyclic) bond motifs is 1. The molecule has 2 rings (SSSR count). The van der Waals surface area contributed by atoms with Gasteiger partial charge in [0.15, 0.2) is 0 Å². The van der Waals surface area contributed by atoms with Crippen LogP contribution in [-0.4, -0.2) is 49.5 Å². The maximum absolute atomic E-state index is 12.2. The Hall–Kier alpha value is -0.330. The van der Waals surface area contributed by atoms with Crippen LogP contribution in [0.15, 0.2) is 0 Å². The molecule has 3 atom stereocenters. The topological polar surface area (TPSA) is 38.5 Å². The molecule has 0 aromatic rings. The summed E-state index contributed by atoms with van der Waals surface area (Å²) in [6, 6.07) is 0. The highest BCUT2D eigenvalue weighted by Crippen LogP contribution is 2.58. The summed E-state index contributed by atoms with van der Waals surface area (Å²) in [6.07, 6.45) is -3.82. The Labute approximate surface area is 112 Å². The summed E-state index contributed by atoms with van der Waals surface area (Å²) in [5.41, 5.74) is 5.87. The molecule has 0 bridgehead atoms. The lowest BCUT2D eigenvalue weighted by Gasteiger charge is -2.63. The minimum atomic E-state index is -4.11. The standard InChI is InChI=1S/C13H23F3N2O/c1-11(2)10-9(4-7-19-10)12(11,17)8-18(3)6-5-13(14,15)16/h9-10H,4-8,17H2,1-3H3. The second kappa shape index (κ2) is 4.60. The van der Waals surface area contributed by atoms with Crippen molar-refractivity contribution in [2.24, 2.45) is 17.1 Å². The van der Waals surface area contributed by atoms with Gasteiger partial charge < -0.3 is 15.4 Å². The highest BCUT2D eigenvalue weighted by Gasteiger charge is 2.67. The van der Waals surface area contributed by atoms with Gasteiger partial charge in [0.1, 0.15) is 0 Å². The Balaban J connectivity index is 1.94. The normalized spacial score (nSPS) is 37.3. The summed E-state index contributed by atoms with van der Waals surface area (Å²) < 4.78 is 42.4. The molecule has 112 valence electrons.